The van der Waals surface area contributed by atoms with Gasteiger partial charge < -0.3 is 14.7 Å². The molecule has 1 aromatic carbocycles. The Balaban J connectivity index is 1.81. The molecule has 1 aromatic heterocycles. The number of amides is 1. The van der Waals surface area contributed by atoms with E-state index >= 15 is 0 Å². The third kappa shape index (κ3) is 4.13. The lowest BCUT2D eigenvalue weighted by molar-refractivity contribution is 0.0726. The van der Waals surface area contributed by atoms with Crippen LogP contribution in [0.1, 0.15) is 49.8 Å². The van der Waals surface area contributed by atoms with Gasteiger partial charge in [-0.2, -0.15) is 0 Å². The monoisotopic (exact) mass is 372 g/mol. The molecule has 0 radical (unpaired) electrons. The highest BCUT2D eigenvalue weighted by Crippen LogP contribution is 2.45. The maximum Gasteiger partial charge on any atom is 0.276 e. The Morgan fingerprint density at radius 1 is 1.33 bits per heavy atom. The zero-order valence-electron chi connectivity index (χ0n) is 16.5. The van der Waals surface area contributed by atoms with Crippen LogP contribution in [0.4, 0.5) is 0 Å². The number of aromatic nitrogens is 3. The van der Waals surface area contributed by atoms with E-state index in [1.54, 1.807) is 16.6 Å². The van der Waals surface area contributed by atoms with Gasteiger partial charge in [-0.05, 0) is 57.4 Å². The topological polar surface area (TPSA) is 80.5 Å². The quantitative estimate of drug-likeness (QED) is 0.770. The molecule has 146 valence electrons. The van der Waals surface area contributed by atoms with Crippen LogP contribution in [0.15, 0.2) is 24.3 Å². The van der Waals surface area contributed by atoms with Gasteiger partial charge in [0, 0.05) is 19.0 Å². The molecule has 3 rings (SSSR count). The first-order valence-electron chi connectivity index (χ1n) is 9.47. The first-order chi connectivity index (χ1) is 12.9. The molecular formula is C20H28N4O3. The molecule has 2 aromatic rings. The summed E-state index contributed by atoms with van der Waals surface area (Å²) in [4.78, 5) is 14.5. The molecule has 0 bridgehead atoms. The highest BCUT2D eigenvalue weighted by molar-refractivity contribution is 5.93. The van der Waals surface area contributed by atoms with Crippen LogP contribution in [-0.2, 0) is 6.42 Å². The summed E-state index contributed by atoms with van der Waals surface area (Å²) >= 11 is 0. The van der Waals surface area contributed by atoms with E-state index in [0.717, 1.165) is 30.0 Å². The highest BCUT2D eigenvalue weighted by Gasteiger charge is 2.44. The molecule has 27 heavy (non-hydrogen) atoms. The molecule has 1 N–H and O–H groups in total. The molecular weight excluding hydrogens is 344 g/mol. The van der Waals surface area contributed by atoms with Crippen molar-refractivity contribution < 1.29 is 14.6 Å². The predicted molar refractivity (Wildman–Crippen MR) is 102 cm³/mol. The molecule has 1 amide bonds. The molecule has 1 heterocycles. The Morgan fingerprint density at radius 3 is 2.52 bits per heavy atom. The van der Waals surface area contributed by atoms with Crippen LogP contribution in [0.2, 0.25) is 0 Å². The number of benzene rings is 1. The SMILES string of the molecule is CCc1c(C(=O)N(C)CC2(CO)CC2)nnn1-c1ccc(OC(C)C)cc1. The highest BCUT2D eigenvalue weighted by atomic mass is 16.5. The molecule has 7 heteroatoms. The summed E-state index contributed by atoms with van der Waals surface area (Å²) in [6, 6.07) is 7.60. The number of rotatable bonds is 8. The van der Waals surface area contributed by atoms with Crippen molar-refractivity contribution in [3.63, 3.8) is 0 Å². The van der Waals surface area contributed by atoms with E-state index in [-0.39, 0.29) is 24.0 Å². The average Bonchev–Trinajstić information content (AvgIpc) is 3.29. The zero-order valence-corrected chi connectivity index (χ0v) is 16.5. The van der Waals surface area contributed by atoms with E-state index < -0.39 is 0 Å². The van der Waals surface area contributed by atoms with Crippen LogP contribution in [-0.4, -0.2) is 57.2 Å². The third-order valence-corrected chi connectivity index (χ3v) is 4.97. The van der Waals surface area contributed by atoms with Crippen molar-refractivity contribution in [1.29, 1.82) is 0 Å². The van der Waals surface area contributed by atoms with Crippen molar-refractivity contribution in [2.75, 3.05) is 20.2 Å². The van der Waals surface area contributed by atoms with E-state index in [1.165, 1.54) is 0 Å². The summed E-state index contributed by atoms with van der Waals surface area (Å²) < 4.78 is 7.38. The van der Waals surface area contributed by atoms with Gasteiger partial charge in [-0.25, -0.2) is 4.68 Å². The first-order valence-corrected chi connectivity index (χ1v) is 9.47. The summed E-state index contributed by atoms with van der Waals surface area (Å²) in [6.45, 7) is 6.61. The zero-order chi connectivity index (χ0) is 19.6. The van der Waals surface area contributed by atoms with E-state index in [0.29, 0.717) is 18.7 Å². The van der Waals surface area contributed by atoms with E-state index in [9.17, 15) is 9.90 Å². The Morgan fingerprint density at radius 2 is 2.00 bits per heavy atom. The minimum atomic E-state index is -0.155. The predicted octanol–water partition coefficient (Wildman–Crippen LogP) is 2.46. The van der Waals surface area contributed by atoms with Gasteiger partial charge in [0.15, 0.2) is 5.69 Å². The number of aliphatic hydroxyl groups is 1. The minimum absolute atomic E-state index is 0.113. The van der Waals surface area contributed by atoms with Gasteiger partial charge >= 0.3 is 0 Å². The standard InChI is InChI=1S/C20H28N4O3/c1-5-17-18(19(26)23(4)12-20(13-25)10-11-20)21-22-24(17)15-6-8-16(9-7-15)27-14(2)3/h6-9,14,25H,5,10-13H2,1-4H3. The molecule has 1 aliphatic carbocycles. The summed E-state index contributed by atoms with van der Waals surface area (Å²) in [5.74, 6) is 0.638. The molecule has 0 aliphatic heterocycles. The van der Waals surface area contributed by atoms with Crippen molar-refractivity contribution >= 4 is 5.91 Å². The molecule has 0 unspecified atom stereocenters. The fourth-order valence-electron chi connectivity index (χ4n) is 3.23. The molecule has 0 atom stereocenters. The van der Waals surface area contributed by atoms with Crippen LogP contribution >= 0.6 is 0 Å². The molecule has 1 saturated carbocycles. The number of ether oxygens (including phenoxy) is 1. The third-order valence-electron chi connectivity index (χ3n) is 4.97. The normalized spacial score (nSPS) is 15.0. The van der Waals surface area contributed by atoms with Crippen molar-refractivity contribution in [1.82, 2.24) is 19.9 Å². The molecule has 1 fully saturated rings. The molecule has 7 nitrogen and oxygen atoms in total. The lowest BCUT2D eigenvalue weighted by atomic mass is 10.1. The largest absolute Gasteiger partial charge is 0.491 e. The van der Waals surface area contributed by atoms with Crippen molar-refractivity contribution in [3.8, 4) is 11.4 Å². The second kappa shape index (κ2) is 7.68. The average molecular weight is 372 g/mol. The van der Waals surface area contributed by atoms with Crippen LogP contribution in [0.5, 0.6) is 5.75 Å². The van der Waals surface area contributed by atoms with E-state index in [4.69, 9.17) is 4.74 Å². The Kier molecular flexibility index (Phi) is 5.51. The van der Waals surface area contributed by atoms with Crippen LogP contribution in [0, 0.1) is 5.41 Å². The summed E-state index contributed by atoms with van der Waals surface area (Å²) in [5.41, 5.74) is 1.86. The van der Waals surface area contributed by atoms with Crippen LogP contribution in [0.3, 0.4) is 0 Å². The van der Waals surface area contributed by atoms with Crippen molar-refractivity contribution in [2.24, 2.45) is 5.41 Å². The van der Waals surface area contributed by atoms with Gasteiger partial charge in [-0.15, -0.1) is 5.10 Å². The fraction of sp³-hybridized carbons (Fsp3) is 0.550. The maximum absolute atomic E-state index is 12.9. The number of aliphatic hydroxyl groups excluding tert-OH is 1. The first kappa shape index (κ1) is 19.4. The fourth-order valence-corrected chi connectivity index (χ4v) is 3.23. The van der Waals surface area contributed by atoms with Gasteiger partial charge in [0.2, 0.25) is 0 Å². The smallest absolute Gasteiger partial charge is 0.276 e. The summed E-state index contributed by atoms with van der Waals surface area (Å²) in [7, 11) is 1.76. The van der Waals surface area contributed by atoms with Gasteiger partial charge in [0.05, 0.1) is 24.1 Å². The molecule has 1 aliphatic rings. The number of hydrogen-bond acceptors (Lipinski definition) is 5. The Bertz CT molecular complexity index is 794. The number of carbonyl (C=O) groups is 1. The second-order valence-electron chi connectivity index (χ2n) is 7.63. The van der Waals surface area contributed by atoms with Gasteiger partial charge in [-0.3, -0.25) is 4.79 Å². The van der Waals surface area contributed by atoms with E-state index in [2.05, 4.69) is 10.3 Å². The minimum Gasteiger partial charge on any atom is -0.491 e. The van der Waals surface area contributed by atoms with Crippen LogP contribution < -0.4 is 4.74 Å². The van der Waals surface area contributed by atoms with Gasteiger partial charge in [-0.1, -0.05) is 12.1 Å². The Hall–Kier alpha value is -2.41. The van der Waals surface area contributed by atoms with Crippen molar-refractivity contribution in [3.05, 3.63) is 35.7 Å². The second-order valence-corrected chi connectivity index (χ2v) is 7.63. The molecule has 0 spiro atoms. The number of nitrogens with zero attached hydrogens (tertiary/aromatic N) is 4. The summed E-state index contributed by atoms with van der Waals surface area (Å²) in [5, 5.41) is 17.9. The maximum atomic E-state index is 12.9. The molecule has 0 saturated heterocycles. The summed E-state index contributed by atoms with van der Waals surface area (Å²) in [6.07, 6.45) is 2.66. The van der Waals surface area contributed by atoms with Crippen molar-refractivity contribution in [2.45, 2.75) is 46.1 Å². The van der Waals surface area contributed by atoms with Gasteiger partial charge in [0.1, 0.15) is 5.75 Å². The van der Waals surface area contributed by atoms with Crippen LogP contribution in [0.25, 0.3) is 5.69 Å². The Labute approximate surface area is 159 Å². The van der Waals surface area contributed by atoms with Gasteiger partial charge in [0.25, 0.3) is 5.91 Å². The lowest BCUT2D eigenvalue weighted by Gasteiger charge is -2.22. The lowest BCUT2D eigenvalue weighted by Crippen LogP contribution is -2.34. The number of carbonyl (C=O) groups excluding carboxylic acids is 1. The number of hydrogen-bond donors (Lipinski definition) is 1. The van der Waals surface area contributed by atoms with E-state index in [1.807, 2.05) is 45.0 Å².